The van der Waals surface area contributed by atoms with Crippen molar-refractivity contribution >= 4 is 6.29 Å². The summed E-state index contributed by atoms with van der Waals surface area (Å²) in [6, 6.07) is 5.90. The number of likely N-dealkylation sites (tertiary alicyclic amines) is 1. The number of methoxy groups -OCH3 is 1. The molecule has 0 radical (unpaired) electrons. The van der Waals surface area contributed by atoms with Crippen molar-refractivity contribution in [1.82, 2.24) is 4.90 Å². The molecular weight excluding hydrogens is 266 g/mol. The van der Waals surface area contributed by atoms with E-state index in [1.807, 2.05) is 25.1 Å². The van der Waals surface area contributed by atoms with E-state index in [2.05, 4.69) is 11.9 Å². The van der Waals surface area contributed by atoms with Crippen LogP contribution in [0, 0.1) is 0 Å². The summed E-state index contributed by atoms with van der Waals surface area (Å²) in [5, 5.41) is 0. The number of nitrogens with zero attached hydrogens (tertiary/aromatic N) is 1. The van der Waals surface area contributed by atoms with Crippen molar-refractivity contribution in [1.29, 1.82) is 0 Å². The van der Waals surface area contributed by atoms with E-state index in [4.69, 9.17) is 9.47 Å². The van der Waals surface area contributed by atoms with Gasteiger partial charge in [-0.3, -0.25) is 0 Å². The third-order valence-electron chi connectivity index (χ3n) is 4.08. The number of aldehydes is 1. The molecular formula is C17H25NO3. The Morgan fingerprint density at radius 2 is 2.29 bits per heavy atom. The van der Waals surface area contributed by atoms with E-state index in [1.54, 1.807) is 7.11 Å². The lowest BCUT2D eigenvalue weighted by atomic mass is 9.97. The van der Waals surface area contributed by atoms with Crippen molar-refractivity contribution in [3.05, 3.63) is 23.8 Å². The Morgan fingerprint density at radius 1 is 1.48 bits per heavy atom. The predicted molar refractivity (Wildman–Crippen MR) is 83.2 cm³/mol. The molecule has 1 aliphatic heterocycles. The largest absolute Gasteiger partial charge is 0.493 e. The summed E-state index contributed by atoms with van der Waals surface area (Å²) in [6.45, 7) is 4.10. The fraction of sp³-hybridized carbons (Fsp3) is 0.588. The fourth-order valence-electron chi connectivity index (χ4n) is 2.86. The lowest BCUT2D eigenvalue weighted by Crippen LogP contribution is -2.38. The molecule has 1 aliphatic rings. The molecule has 1 heterocycles. The summed E-state index contributed by atoms with van der Waals surface area (Å²) >= 11 is 0. The number of likely N-dealkylation sites (N-methyl/N-ethyl adjacent to an activating group) is 1. The zero-order chi connectivity index (χ0) is 15.2. The van der Waals surface area contributed by atoms with Crippen LogP contribution >= 0.6 is 0 Å². The highest BCUT2D eigenvalue weighted by atomic mass is 16.5. The second kappa shape index (κ2) is 7.46. The number of para-hydroxylation sites is 1. The SMILES string of the molecule is COc1cccc(C(C)CC=O)c1OC1CCCN(C)C1. The molecule has 0 aromatic heterocycles. The maximum Gasteiger partial charge on any atom is 0.165 e. The summed E-state index contributed by atoms with van der Waals surface area (Å²) < 4.78 is 11.7. The van der Waals surface area contributed by atoms with E-state index in [9.17, 15) is 4.79 Å². The molecule has 1 aromatic rings. The number of piperidine rings is 1. The van der Waals surface area contributed by atoms with Crippen molar-refractivity contribution in [2.24, 2.45) is 0 Å². The number of hydrogen-bond donors (Lipinski definition) is 0. The molecule has 2 rings (SSSR count). The summed E-state index contributed by atoms with van der Waals surface area (Å²) in [5.41, 5.74) is 1.05. The van der Waals surface area contributed by atoms with E-state index >= 15 is 0 Å². The molecule has 0 amide bonds. The molecule has 2 atom stereocenters. The molecule has 1 fully saturated rings. The van der Waals surface area contributed by atoms with Gasteiger partial charge in [0.15, 0.2) is 11.5 Å². The second-order valence-electron chi connectivity index (χ2n) is 5.83. The Labute approximate surface area is 127 Å². The molecule has 1 aromatic carbocycles. The van der Waals surface area contributed by atoms with E-state index < -0.39 is 0 Å². The summed E-state index contributed by atoms with van der Waals surface area (Å²) in [7, 11) is 3.77. The zero-order valence-corrected chi connectivity index (χ0v) is 13.2. The normalized spacial score (nSPS) is 20.8. The Bertz CT molecular complexity index is 475. The van der Waals surface area contributed by atoms with Crippen LogP contribution in [0.1, 0.15) is 37.7 Å². The van der Waals surface area contributed by atoms with Gasteiger partial charge < -0.3 is 19.2 Å². The van der Waals surface area contributed by atoms with Gasteiger partial charge in [-0.05, 0) is 38.4 Å². The summed E-state index contributed by atoms with van der Waals surface area (Å²) in [6.07, 6.45) is 3.85. The van der Waals surface area contributed by atoms with Crippen molar-refractivity contribution in [2.75, 3.05) is 27.2 Å². The Balaban J connectivity index is 2.24. The monoisotopic (exact) mass is 291 g/mol. The molecule has 116 valence electrons. The number of carbonyl (C=O) groups excluding carboxylic acids is 1. The quantitative estimate of drug-likeness (QED) is 0.756. The molecule has 4 heteroatoms. The van der Waals surface area contributed by atoms with Crippen molar-refractivity contribution in [3.8, 4) is 11.5 Å². The Morgan fingerprint density at radius 3 is 2.95 bits per heavy atom. The first kappa shape index (κ1) is 15.8. The van der Waals surface area contributed by atoms with Gasteiger partial charge in [-0.25, -0.2) is 0 Å². The molecule has 0 spiro atoms. The number of rotatable bonds is 6. The van der Waals surface area contributed by atoms with Gasteiger partial charge in [0.1, 0.15) is 12.4 Å². The molecule has 2 unspecified atom stereocenters. The predicted octanol–water partition coefficient (Wildman–Crippen LogP) is 2.86. The summed E-state index contributed by atoms with van der Waals surface area (Å²) in [4.78, 5) is 13.1. The van der Waals surface area contributed by atoms with Gasteiger partial charge in [0, 0.05) is 18.5 Å². The Hall–Kier alpha value is -1.55. The highest BCUT2D eigenvalue weighted by molar-refractivity contribution is 5.55. The third kappa shape index (κ3) is 3.97. The van der Waals surface area contributed by atoms with Crippen molar-refractivity contribution in [3.63, 3.8) is 0 Å². The number of ether oxygens (including phenoxy) is 2. The van der Waals surface area contributed by atoms with Crippen molar-refractivity contribution in [2.45, 2.75) is 38.2 Å². The smallest absolute Gasteiger partial charge is 0.165 e. The second-order valence-corrected chi connectivity index (χ2v) is 5.83. The number of hydrogen-bond acceptors (Lipinski definition) is 4. The van der Waals surface area contributed by atoms with Crippen LogP contribution in [-0.2, 0) is 4.79 Å². The topological polar surface area (TPSA) is 38.8 Å². The minimum Gasteiger partial charge on any atom is -0.493 e. The first-order valence-corrected chi connectivity index (χ1v) is 7.61. The molecule has 4 nitrogen and oxygen atoms in total. The van der Waals surface area contributed by atoms with Gasteiger partial charge in [0.2, 0.25) is 0 Å². The standard InChI is InChI=1S/C17H25NO3/c1-13(9-11-19)15-7-4-8-16(20-3)17(15)21-14-6-5-10-18(2)12-14/h4,7-8,11,13-14H,5-6,9-10,12H2,1-3H3. The zero-order valence-electron chi connectivity index (χ0n) is 13.2. The molecule has 0 bridgehead atoms. The third-order valence-corrected chi connectivity index (χ3v) is 4.08. The molecule has 0 saturated carbocycles. The minimum absolute atomic E-state index is 0.133. The number of carbonyl (C=O) groups is 1. The average Bonchev–Trinajstić information content (AvgIpc) is 2.47. The van der Waals surface area contributed by atoms with Crippen molar-refractivity contribution < 1.29 is 14.3 Å². The van der Waals surface area contributed by atoms with Crippen LogP contribution < -0.4 is 9.47 Å². The molecule has 0 N–H and O–H groups in total. The van der Waals surface area contributed by atoms with E-state index in [0.717, 1.165) is 49.3 Å². The van der Waals surface area contributed by atoms with Crippen LogP contribution in [0.4, 0.5) is 0 Å². The van der Waals surface area contributed by atoms with Crippen LogP contribution in [-0.4, -0.2) is 44.5 Å². The fourth-order valence-corrected chi connectivity index (χ4v) is 2.86. The van der Waals surface area contributed by atoms with Gasteiger partial charge in [-0.1, -0.05) is 19.1 Å². The van der Waals surface area contributed by atoms with Crippen LogP contribution in [0.5, 0.6) is 11.5 Å². The van der Waals surface area contributed by atoms with Gasteiger partial charge in [-0.2, -0.15) is 0 Å². The molecule has 1 saturated heterocycles. The average molecular weight is 291 g/mol. The maximum absolute atomic E-state index is 10.8. The Kier molecular flexibility index (Phi) is 5.62. The summed E-state index contributed by atoms with van der Waals surface area (Å²) in [5.74, 6) is 1.68. The van der Waals surface area contributed by atoms with E-state index in [1.165, 1.54) is 0 Å². The minimum atomic E-state index is 0.133. The first-order valence-electron chi connectivity index (χ1n) is 7.61. The highest BCUT2D eigenvalue weighted by Gasteiger charge is 2.23. The van der Waals surface area contributed by atoms with E-state index in [0.29, 0.717) is 6.42 Å². The van der Waals surface area contributed by atoms with E-state index in [-0.39, 0.29) is 12.0 Å². The van der Waals surface area contributed by atoms with Gasteiger partial charge in [0.25, 0.3) is 0 Å². The molecule has 21 heavy (non-hydrogen) atoms. The highest BCUT2D eigenvalue weighted by Crippen LogP contribution is 2.37. The lowest BCUT2D eigenvalue weighted by Gasteiger charge is -2.31. The van der Waals surface area contributed by atoms with Gasteiger partial charge in [-0.15, -0.1) is 0 Å². The molecule has 0 aliphatic carbocycles. The van der Waals surface area contributed by atoms with Gasteiger partial charge in [0.05, 0.1) is 7.11 Å². The van der Waals surface area contributed by atoms with Crippen LogP contribution in [0.15, 0.2) is 18.2 Å². The first-order chi connectivity index (χ1) is 10.2. The van der Waals surface area contributed by atoms with Crippen LogP contribution in [0.3, 0.4) is 0 Å². The number of benzene rings is 1. The maximum atomic E-state index is 10.8. The van der Waals surface area contributed by atoms with Crippen LogP contribution in [0.25, 0.3) is 0 Å². The van der Waals surface area contributed by atoms with Crippen LogP contribution in [0.2, 0.25) is 0 Å². The van der Waals surface area contributed by atoms with Gasteiger partial charge >= 0.3 is 0 Å². The lowest BCUT2D eigenvalue weighted by molar-refractivity contribution is -0.108.